The molecule has 0 unspecified atom stereocenters. The summed E-state index contributed by atoms with van der Waals surface area (Å²) >= 11 is 0. The van der Waals surface area contributed by atoms with Crippen molar-refractivity contribution in [1.29, 1.82) is 0 Å². The predicted molar refractivity (Wildman–Crippen MR) is 80.6 cm³/mol. The Labute approximate surface area is 127 Å². The fraction of sp³-hybridized carbons (Fsp3) is 0.286. The van der Waals surface area contributed by atoms with Crippen LogP contribution in [0, 0.1) is 0 Å². The van der Waals surface area contributed by atoms with Crippen molar-refractivity contribution < 1.29 is 14.3 Å². The lowest BCUT2D eigenvalue weighted by Gasteiger charge is -2.06. The largest absolute Gasteiger partial charge is 0.497 e. The summed E-state index contributed by atoms with van der Waals surface area (Å²) < 4.78 is 6.40. The van der Waals surface area contributed by atoms with Gasteiger partial charge in [-0.1, -0.05) is 12.1 Å². The number of methoxy groups -OCH3 is 1. The van der Waals surface area contributed by atoms with Crippen LogP contribution in [-0.4, -0.2) is 33.9 Å². The molecule has 8 heteroatoms. The average molecular weight is 303 g/mol. The molecule has 22 heavy (non-hydrogen) atoms. The van der Waals surface area contributed by atoms with E-state index in [1.165, 1.54) is 10.9 Å². The molecule has 2 rings (SSSR count). The third-order valence-electron chi connectivity index (χ3n) is 2.81. The predicted octanol–water partition coefficient (Wildman–Crippen LogP) is 1.27. The highest BCUT2D eigenvalue weighted by Gasteiger charge is 2.08. The average Bonchev–Trinajstić information content (AvgIpc) is 2.94. The second-order valence-electron chi connectivity index (χ2n) is 4.48. The molecule has 0 fully saturated rings. The van der Waals surface area contributed by atoms with Crippen LogP contribution in [0.5, 0.6) is 5.75 Å². The minimum Gasteiger partial charge on any atom is -0.497 e. The summed E-state index contributed by atoms with van der Waals surface area (Å²) in [6, 6.07) is 6.99. The van der Waals surface area contributed by atoms with Gasteiger partial charge in [-0.25, -0.2) is 4.68 Å². The number of anilines is 2. The zero-order valence-electron chi connectivity index (χ0n) is 12.4. The monoisotopic (exact) mass is 303 g/mol. The number of carbonyl (C=O) groups is 2. The lowest BCUT2D eigenvalue weighted by Crippen LogP contribution is -2.19. The van der Waals surface area contributed by atoms with Crippen LogP contribution in [0.4, 0.5) is 11.5 Å². The topological polar surface area (TPSA) is 98.1 Å². The first-order chi connectivity index (χ1) is 10.6. The first-order valence-corrected chi connectivity index (χ1v) is 6.74. The molecule has 116 valence electrons. The van der Waals surface area contributed by atoms with Gasteiger partial charge in [0, 0.05) is 12.1 Å². The summed E-state index contributed by atoms with van der Waals surface area (Å²) in [5.41, 5.74) is 0.658. The fourth-order valence-electron chi connectivity index (χ4n) is 1.69. The maximum atomic E-state index is 11.9. The zero-order chi connectivity index (χ0) is 15.9. The Morgan fingerprint density at radius 2 is 1.91 bits per heavy atom. The number of rotatable bonds is 6. The molecule has 0 radical (unpaired) electrons. The Bertz CT molecular complexity index is 651. The Morgan fingerprint density at radius 1 is 1.18 bits per heavy atom. The van der Waals surface area contributed by atoms with Crippen molar-refractivity contribution in [3.8, 4) is 5.75 Å². The van der Waals surface area contributed by atoms with E-state index < -0.39 is 0 Å². The third kappa shape index (κ3) is 4.30. The molecule has 0 saturated heterocycles. The number of aromatic nitrogens is 3. The van der Waals surface area contributed by atoms with Crippen LogP contribution in [0.15, 0.2) is 30.5 Å². The standard InChI is InChI=1S/C14H17N5O3/c1-3-13(20)16-12-8-19(18-17-12)9-14(21)15-10-4-6-11(22-2)7-5-10/h4-8H,3,9H2,1-2H3,(H,15,21)(H,16,20). The number of amides is 2. The van der Waals surface area contributed by atoms with Crippen molar-refractivity contribution in [2.45, 2.75) is 19.9 Å². The van der Waals surface area contributed by atoms with Gasteiger partial charge in [-0.2, -0.15) is 0 Å². The highest BCUT2D eigenvalue weighted by atomic mass is 16.5. The van der Waals surface area contributed by atoms with Crippen LogP contribution < -0.4 is 15.4 Å². The molecule has 0 atom stereocenters. The van der Waals surface area contributed by atoms with Gasteiger partial charge in [-0.05, 0) is 24.3 Å². The Morgan fingerprint density at radius 3 is 2.55 bits per heavy atom. The molecule has 8 nitrogen and oxygen atoms in total. The van der Waals surface area contributed by atoms with E-state index in [0.717, 1.165) is 0 Å². The van der Waals surface area contributed by atoms with Crippen LogP contribution in [0.2, 0.25) is 0 Å². The molecule has 1 heterocycles. The molecule has 1 aromatic carbocycles. The molecule has 1 aromatic heterocycles. The highest BCUT2D eigenvalue weighted by Crippen LogP contribution is 2.14. The van der Waals surface area contributed by atoms with Gasteiger partial charge in [0.15, 0.2) is 5.82 Å². The Hall–Kier alpha value is -2.90. The number of hydrogen-bond acceptors (Lipinski definition) is 5. The smallest absolute Gasteiger partial charge is 0.246 e. The van der Waals surface area contributed by atoms with Crippen molar-refractivity contribution in [2.24, 2.45) is 0 Å². The summed E-state index contributed by atoms with van der Waals surface area (Å²) in [5.74, 6) is 0.632. The van der Waals surface area contributed by atoms with E-state index in [1.807, 2.05) is 0 Å². The summed E-state index contributed by atoms with van der Waals surface area (Å²) in [4.78, 5) is 23.1. The zero-order valence-corrected chi connectivity index (χ0v) is 12.4. The number of hydrogen-bond donors (Lipinski definition) is 2. The number of carbonyl (C=O) groups excluding carboxylic acids is 2. The van der Waals surface area contributed by atoms with Crippen LogP contribution in [0.1, 0.15) is 13.3 Å². The molecule has 2 aromatic rings. The summed E-state index contributed by atoms with van der Waals surface area (Å²) in [6.45, 7) is 1.74. The van der Waals surface area contributed by atoms with Crippen molar-refractivity contribution >= 4 is 23.3 Å². The molecule has 0 saturated carbocycles. The van der Waals surface area contributed by atoms with Gasteiger partial charge in [0.05, 0.1) is 13.3 Å². The molecule has 0 bridgehead atoms. The number of nitrogens with zero attached hydrogens (tertiary/aromatic N) is 3. The van der Waals surface area contributed by atoms with Gasteiger partial charge in [0.1, 0.15) is 12.3 Å². The molecule has 2 N–H and O–H groups in total. The Kier molecular flexibility index (Phi) is 5.07. The lowest BCUT2D eigenvalue weighted by molar-refractivity contribution is -0.117. The molecule has 0 spiro atoms. The van der Waals surface area contributed by atoms with Crippen molar-refractivity contribution in [3.63, 3.8) is 0 Å². The van der Waals surface area contributed by atoms with E-state index >= 15 is 0 Å². The Balaban J connectivity index is 1.89. The first-order valence-electron chi connectivity index (χ1n) is 6.74. The van der Waals surface area contributed by atoms with Gasteiger partial charge in [0.25, 0.3) is 0 Å². The minimum atomic E-state index is -0.247. The number of benzene rings is 1. The second kappa shape index (κ2) is 7.21. The van der Waals surface area contributed by atoms with Crippen LogP contribution >= 0.6 is 0 Å². The highest BCUT2D eigenvalue weighted by molar-refractivity contribution is 5.91. The maximum Gasteiger partial charge on any atom is 0.246 e. The quantitative estimate of drug-likeness (QED) is 0.837. The van der Waals surface area contributed by atoms with E-state index in [-0.39, 0.29) is 18.4 Å². The van der Waals surface area contributed by atoms with E-state index in [2.05, 4.69) is 20.9 Å². The summed E-state index contributed by atoms with van der Waals surface area (Å²) in [6.07, 6.45) is 1.85. The third-order valence-corrected chi connectivity index (χ3v) is 2.81. The van der Waals surface area contributed by atoms with Crippen molar-refractivity contribution in [3.05, 3.63) is 30.5 Å². The fourth-order valence-corrected chi connectivity index (χ4v) is 1.69. The van der Waals surface area contributed by atoms with Crippen LogP contribution in [-0.2, 0) is 16.1 Å². The molecular weight excluding hydrogens is 286 g/mol. The minimum absolute atomic E-state index is 0.00102. The molecule has 0 aliphatic heterocycles. The normalized spacial score (nSPS) is 10.1. The molecule has 0 aliphatic carbocycles. The van der Waals surface area contributed by atoms with E-state index in [0.29, 0.717) is 23.7 Å². The molecular formula is C14H17N5O3. The van der Waals surface area contributed by atoms with Crippen molar-refractivity contribution in [1.82, 2.24) is 15.0 Å². The number of nitrogens with one attached hydrogen (secondary N) is 2. The van der Waals surface area contributed by atoms with E-state index in [4.69, 9.17) is 4.74 Å². The van der Waals surface area contributed by atoms with Gasteiger partial charge >= 0.3 is 0 Å². The van der Waals surface area contributed by atoms with Crippen LogP contribution in [0.25, 0.3) is 0 Å². The van der Waals surface area contributed by atoms with Crippen LogP contribution in [0.3, 0.4) is 0 Å². The summed E-state index contributed by atoms with van der Waals surface area (Å²) in [5, 5.41) is 12.9. The van der Waals surface area contributed by atoms with Crippen molar-refractivity contribution in [2.75, 3.05) is 17.7 Å². The first kappa shape index (κ1) is 15.5. The van der Waals surface area contributed by atoms with E-state index in [9.17, 15) is 9.59 Å². The van der Waals surface area contributed by atoms with Gasteiger partial charge in [-0.3, -0.25) is 9.59 Å². The summed E-state index contributed by atoms with van der Waals surface area (Å²) in [7, 11) is 1.58. The maximum absolute atomic E-state index is 11.9. The SMILES string of the molecule is CCC(=O)Nc1cn(CC(=O)Nc2ccc(OC)cc2)nn1. The second-order valence-corrected chi connectivity index (χ2v) is 4.48. The lowest BCUT2D eigenvalue weighted by atomic mass is 10.3. The van der Waals surface area contributed by atoms with Gasteiger partial charge < -0.3 is 15.4 Å². The molecule has 0 aliphatic rings. The van der Waals surface area contributed by atoms with Gasteiger partial charge in [0.2, 0.25) is 11.8 Å². The molecule has 2 amide bonds. The number of ether oxygens (including phenoxy) is 1. The van der Waals surface area contributed by atoms with E-state index in [1.54, 1.807) is 38.3 Å². The van der Waals surface area contributed by atoms with Gasteiger partial charge in [-0.15, -0.1) is 5.10 Å².